The third-order valence-electron chi connectivity index (χ3n) is 1.93. The molecule has 0 heterocycles. The Kier molecular flexibility index (Phi) is 1.66. The van der Waals surface area contributed by atoms with E-state index in [0.29, 0.717) is 5.92 Å². The minimum atomic E-state index is 0.587. The van der Waals surface area contributed by atoms with Gasteiger partial charge in [0.15, 0.2) is 0 Å². The molecule has 1 saturated carbocycles. The lowest BCUT2D eigenvalue weighted by molar-refractivity contribution is 0.556. The first kappa shape index (κ1) is 5.80. The van der Waals surface area contributed by atoms with E-state index in [0.717, 1.165) is 12.1 Å². The summed E-state index contributed by atoms with van der Waals surface area (Å²) >= 11 is 0. The second-order valence-electron chi connectivity index (χ2n) is 2.67. The van der Waals surface area contributed by atoms with Crippen LogP contribution in [0.2, 0.25) is 0 Å². The number of nitrogens with one attached hydrogen (secondary N) is 1. The van der Waals surface area contributed by atoms with Gasteiger partial charge in [0.1, 0.15) is 0 Å². The molecule has 1 unspecified atom stereocenters. The molecule has 0 aromatic rings. The van der Waals surface area contributed by atoms with Crippen LogP contribution in [0.3, 0.4) is 0 Å². The van der Waals surface area contributed by atoms with Crippen LogP contribution in [-0.2, 0) is 0 Å². The average Bonchev–Trinajstić information content (AvgIpc) is 1.77. The van der Waals surface area contributed by atoms with E-state index in [1.165, 1.54) is 19.3 Å². The second kappa shape index (κ2) is 2.29. The van der Waals surface area contributed by atoms with Crippen molar-refractivity contribution in [1.82, 2.24) is 0 Å². The molecule has 0 aliphatic heterocycles. The summed E-state index contributed by atoms with van der Waals surface area (Å²) in [5, 5.41) is 7.39. The summed E-state index contributed by atoms with van der Waals surface area (Å²) in [5.74, 6) is 0.587. The summed E-state index contributed by atoms with van der Waals surface area (Å²) < 4.78 is 0. The van der Waals surface area contributed by atoms with Gasteiger partial charge in [0, 0.05) is 5.71 Å². The van der Waals surface area contributed by atoms with Crippen LogP contribution >= 0.6 is 0 Å². The molecule has 1 nitrogen and oxygen atoms in total. The van der Waals surface area contributed by atoms with Crippen molar-refractivity contribution >= 4 is 5.71 Å². The van der Waals surface area contributed by atoms with Gasteiger partial charge in [-0.3, -0.25) is 0 Å². The molecule has 0 amide bonds. The molecule has 0 bridgehead atoms. The highest BCUT2D eigenvalue weighted by Crippen LogP contribution is 2.19. The van der Waals surface area contributed by atoms with Crippen LogP contribution < -0.4 is 0 Å². The highest BCUT2D eigenvalue weighted by Gasteiger charge is 2.12. The maximum absolute atomic E-state index is 7.39. The van der Waals surface area contributed by atoms with Crippen LogP contribution in [0.1, 0.15) is 32.6 Å². The molecule has 8 heavy (non-hydrogen) atoms. The van der Waals surface area contributed by atoms with Gasteiger partial charge in [0.2, 0.25) is 0 Å². The minimum Gasteiger partial charge on any atom is -0.309 e. The van der Waals surface area contributed by atoms with Crippen LogP contribution in [0.15, 0.2) is 0 Å². The van der Waals surface area contributed by atoms with Crippen LogP contribution in [0.25, 0.3) is 0 Å². The molecule has 1 fully saturated rings. The van der Waals surface area contributed by atoms with E-state index in [9.17, 15) is 0 Å². The Balaban J connectivity index is 2.39. The number of rotatable bonds is 0. The summed E-state index contributed by atoms with van der Waals surface area (Å²) in [6, 6.07) is 0. The van der Waals surface area contributed by atoms with E-state index in [1.54, 1.807) is 0 Å². The molecule has 0 radical (unpaired) electrons. The molecule has 1 N–H and O–H groups in total. The maximum Gasteiger partial charge on any atom is 0.0117 e. The van der Waals surface area contributed by atoms with Crippen molar-refractivity contribution in [2.75, 3.05) is 0 Å². The molecular formula is C7H13N. The quantitative estimate of drug-likeness (QED) is 0.495. The second-order valence-corrected chi connectivity index (χ2v) is 2.67. The molecule has 0 aromatic carbocycles. The molecular weight excluding hydrogens is 98.1 g/mol. The molecule has 0 spiro atoms. The number of hydrogen-bond donors (Lipinski definition) is 1. The van der Waals surface area contributed by atoms with E-state index in [2.05, 4.69) is 6.92 Å². The Morgan fingerprint density at radius 1 is 1.50 bits per heavy atom. The molecule has 1 aliphatic rings. The SMILES string of the molecule is CC1CCCCC1=N. The third-order valence-corrected chi connectivity index (χ3v) is 1.93. The summed E-state index contributed by atoms with van der Waals surface area (Å²) in [6.45, 7) is 2.15. The predicted octanol–water partition coefficient (Wildman–Crippen LogP) is 2.22. The third kappa shape index (κ3) is 1.09. The van der Waals surface area contributed by atoms with Crippen molar-refractivity contribution in [3.63, 3.8) is 0 Å². The van der Waals surface area contributed by atoms with Crippen molar-refractivity contribution in [3.8, 4) is 0 Å². The van der Waals surface area contributed by atoms with Gasteiger partial charge in [-0.2, -0.15) is 0 Å². The van der Waals surface area contributed by atoms with Crippen molar-refractivity contribution in [1.29, 1.82) is 5.41 Å². The largest absolute Gasteiger partial charge is 0.309 e. The fourth-order valence-corrected chi connectivity index (χ4v) is 1.19. The van der Waals surface area contributed by atoms with Crippen LogP contribution in [-0.4, -0.2) is 5.71 Å². The fraction of sp³-hybridized carbons (Fsp3) is 0.857. The smallest absolute Gasteiger partial charge is 0.0117 e. The first-order valence-electron chi connectivity index (χ1n) is 3.38. The van der Waals surface area contributed by atoms with Gasteiger partial charge in [-0.25, -0.2) is 0 Å². The molecule has 0 aromatic heterocycles. The Bertz CT molecular complexity index is 96.6. The number of hydrogen-bond acceptors (Lipinski definition) is 1. The predicted molar refractivity (Wildman–Crippen MR) is 35.4 cm³/mol. The summed E-state index contributed by atoms with van der Waals surface area (Å²) in [4.78, 5) is 0. The lowest BCUT2D eigenvalue weighted by Gasteiger charge is -2.17. The normalized spacial score (nSPS) is 30.6. The standard InChI is InChI=1S/C7H13N/c1-6-4-2-3-5-7(6)8/h6,8H,2-5H2,1H3. The first-order chi connectivity index (χ1) is 3.80. The Morgan fingerprint density at radius 3 is 2.62 bits per heavy atom. The Hall–Kier alpha value is -0.330. The highest BCUT2D eigenvalue weighted by atomic mass is 14.4. The van der Waals surface area contributed by atoms with E-state index in [-0.39, 0.29) is 0 Å². The molecule has 1 heteroatoms. The highest BCUT2D eigenvalue weighted by molar-refractivity contribution is 5.83. The summed E-state index contributed by atoms with van der Waals surface area (Å²) in [7, 11) is 0. The van der Waals surface area contributed by atoms with Crippen LogP contribution in [0.4, 0.5) is 0 Å². The zero-order valence-corrected chi connectivity index (χ0v) is 5.41. The summed E-state index contributed by atoms with van der Waals surface area (Å²) in [6.07, 6.45) is 4.90. The summed E-state index contributed by atoms with van der Waals surface area (Å²) in [5.41, 5.74) is 0.969. The minimum absolute atomic E-state index is 0.587. The van der Waals surface area contributed by atoms with Gasteiger partial charge in [0.25, 0.3) is 0 Å². The molecule has 46 valence electrons. The van der Waals surface area contributed by atoms with Crippen LogP contribution in [0, 0.1) is 11.3 Å². The Morgan fingerprint density at radius 2 is 2.25 bits per heavy atom. The van der Waals surface area contributed by atoms with Gasteiger partial charge in [-0.05, 0) is 25.2 Å². The lowest BCUT2D eigenvalue weighted by atomic mass is 9.89. The van der Waals surface area contributed by atoms with E-state index < -0.39 is 0 Å². The van der Waals surface area contributed by atoms with Gasteiger partial charge >= 0.3 is 0 Å². The molecule has 0 saturated heterocycles. The van der Waals surface area contributed by atoms with Gasteiger partial charge in [-0.1, -0.05) is 13.3 Å². The first-order valence-corrected chi connectivity index (χ1v) is 3.38. The van der Waals surface area contributed by atoms with Gasteiger partial charge in [-0.15, -0.1) is 0 Å². The topological polar surface area (TPSA) is 23.9 Å². The van der Waals surface area contributed by atoms with Crippen molar-refractivity contribution in [2.24, 2.45) is 5.92 Å². The molecule has 1 aliphatic carbocycles. The maximum atomic E-state index is 7.39. The zero-order valence-electron chi connectivity index (χ0n) is 5.41. The average molecular weight is 111 g/mol. The van der Waals surface area contributed by atoms with Crippen molar-refractivity contribution in [2.45, 2.75) is 32.6 Å². The molecule has 1 atom stereocenters. The van der Waals surface area contributed by atoms with E-state index in [1.807, 2.05) is 0 Å². The van der Waals surface area contributed by atoms with Crippen LogP contribution in [0.5, 0.6) is 0 Å². The zero-order chi connectivity index (χ0) is 5.98. The molecule has 1 rings (SSSR count). The van der Waals surface area contributed by atoms with E-state index in [4.69, 9.17) is 5.41 Å². The van der Waals surface area contributed by atoms with Crippen molar-refractivity contribution in [3.05, 3.63) is 0 Å². The van der Waals surface area contributed by atoms with Gasteiger partial charge < -0.3 is 5.41 Å². The monoisotopic (exact) mass is 111 g/mol. The van der Waals surface area contributed by atoms with E-state index >= 15 is 0 Å². The van der Waals surface area contributed by atoms with Crippen molar-refractivity contribution < 1.29 is 0 Å². The Labute approximate surface area is 50.6 Å². The fourth-order valence-electron chi connectivity index (χ4n) is 1.19. The lowest BCUT2D eigenvalue weighted by Crippen LogP contribution is -2.14. The van der Waals surface area contributed by atoms with Gasteiger partial charge in [0.05, 0.1) is 0 Å².